The van der Waals surface area contributed by atoms with Gasteiger partial charge in [-0.2, -0.15) is 0 Å². The summed E-state index contributed by atoms with van der Waals surface area (Å²) in [6.45, 7) is 7.21. The molecule has 120 valence electrons. The highest BCUT2D eigenvalue weighted by Gasteiger charge is 2.21. The summed E-state index contributed by atoms with van der Waals surface area (Å²) in [7, 11) is -3.31. The van der Waals surface area contributed by atoms with E-state index in [0.29, 0.717) is 12.1 Å². The van der Waals surface area contributed by atoms with Crippen LogP contribution in [0.4, 0.5) is 0 Å². The molecule has 0 fully saturated rings. The molecule has 3 N–H and O–H groups in total. The number of carbonyl (C=O) groups is 1. The second-order valence-corrected chi connectivity index (χ2v) is 8.16. The highest BCUT2D eigenvalue weighted by Crippen LogP contribution is 2.16. The first-order chi connectivity index (χ1) is 9.10. The number of amides is 1. The van der Waals surface area contributed by atoms with Gasteiger partial charge in [0.25, 0.3) is 5.91 Å². The van der Waals surface area contributed by atoms with Crippen molar-refractivity contribution in [2.24, 2.45) is 5.73 Å². The molecule has 0 atom stereocenters. The second kappa shape index (κ2) is 7.24. The molecule has 0 saturated heterocycles. The van der Waals surface area contributed by atoms with Crippen molar-refractivity contribution in [2.75, 3.05) is 6.54 Å². The van der Waals surface area contributed by atoms with Crippen LogP contribution in [0.25, 0.3) is 0 Å². The van der Waals surface area contributed by atoms with Gasteiger partial charge in [-0.05, 0) is 52.0 Å². The van der Waals surface area contributed by atoms with Crippen LogP contribution in [0.5, 0.6) is 0 Å². The van der Waals surface area contributed by atoms with Crippen LogP contribution in [-0.2, 0) is 9.84 Å². The number of halogens is 1. The van der Waals surface area contributed by atoms with Crippen molar-refractivity contribution < 1.29 is 13.2 Å². The fourth-order valence-corrected chi connectivity index (χ4v) is 2.56. The van der Waals surface area contributed by atoms with E-state index in [-0.39, 0.29) is 23.2 Å². The monoisotopic (exact) mass is 334 g/mol. The van der Waals surface area contributed by atoms with Gasteiger partial charge in [0, 0.05) is 17.6 Å². The summed E-state index contributed by atoms with van der Waals surface area (Å²) in [6, 6.07) is 5.94. The minimum absolute atomic E-state index is 0. The molecule has 0 unspecified atom stereocenters. The molecule has 0 aromatic heterocycles. The molecule has 7 heteroatoms. The second-order valence-electron chi connectivity index (χ2n) is 5.66. The van der Waals surface area contributed by atoms with Crippen LogP contribution in [0, 0.1) is 0 Å². The molecule has 0 heterocycles. The quantitative estimate of drug-likeness (QED) is 0.858. The van der Waals surface area contributed by atoms with Gasteiger partial charge in [-0.25, -0.2) is 8.42 Å². The standard InChI is InChI=1S/C14H22N2O3S.ClH/c1-10(2)20(18,19)12-7-5-11(6-8-12)13(17)16-14(3,4)9-15;/h5-8,10H,9,15H2,1-4H3,(H,16,17);1H. The number of hydrogen-bond donors (Lipinski definition) is 2. The van der Waals surface area contributed by atoms with E-state index in [9.17, 15) is 13.2 Å². The Bertz CT molecular complexity index is 581. The maximum Gasteiger partial charge on any atom is 0.251 e. The van der Waals surface area contributed by atoms with E-state index in [1.807, 2.05) is 13.8 Å². The first-order valence-electron chi connectivity index (χ1n) is 6.47. The van der Waals surface area contributed by atoms with Crippen LogP contribution in [0.3, 0.4) is 0 Å². The lowest BCUT2D eigenvalue weighted by Gasteiger charge is -2.24. The van der Waals surface area contributed by atoms with Gasteiger partial charge in [-0.15, -0.1) is 12.4 Å². The maximum absolute atomic E-state index is 12.0. The molecular weight excluding hydrogens is 312 g/mol. The summed E-state index contributed by atoms with van der Waals surface area (Å²) in [5.41, 5.74) is 5.46. The van der Waals surface area contributed by atoms with Crippen LogP contribution < -0.4 is 11.1 Å². The average molecular weight is 335 g/mol. The number of carbonyl (C=O) groups excluding carboxylic acids is 1. The summed E-state index contributed by atoms with van der Waals surface area (Å²) in [5, 5.41) is 2.30. The van der Waals surface area contributed by atoms with Gasteiger partial charge in [0.1, 0.15) is 0 Å². The zero-order valence-corrected chi connectivity index (χ0v) is 14.3. The third-order valence-electron chi connectivity index (χ3n) is 3.03. The van der Waals surface area contributed by atoms with Gasteiger partial charge < -0.3 is 11.1 Å². The SMILES string of the molecule is CC(C)S(=O)(=O)c1ccc(C(=O)NC(C)(C)CN)cc1.Cl. The molecule has 1 rings (SSSR count). The molecule has 0 saturated carbocycles. The summed E-state index contributed by atoms with van der Waals surface area (Å²) >= 11 is 0. The lowest BCUT2D eigenvalue weighted by Crippen LogP contribution is -2.48. The van der Waals surface area contributed by atoms with Gasteiger partial charge in [-0.3, -0.25) is 4.79 Å². The Morgan fingerprint density at radius 3 is 2.10 bits per heavy atom. The van der Waals surface area contributed by atoms with E-state index in [1.165, 1.54) is 24.3 Å². The Morgan fingerprint density at radius 2 is 1.71 bits per heavy atom. The van der Waals surface area contributed by atoms with Crippen LogP contribution in [0.1, 0.15) is 38.1 Å². The van der Waals surface area contributed by atoms with Crippen LogP contribution >= 0.6 is 12.4 Å². The van der Waals surface area contributed by atoms with Gasteiger partial charge >= 0.3 is 0 Å². The number of nitrogens with two attached hydrogens (primary N) is 1. The zero-order chi connectivity index (χ0) is 15.6. The fourth-order valence-electron chi connectivity index (χ4n) is 1.50. The summed E-state index contributed by atoms with van der Waals surface area (Å²) in [6.07, 6.45) is 0. The normalized spacial score (nSPS) is 11.9. The van der Waals surface area contributed by atoms with Crippen molar-refractivity contribution in [1.29, 1.82) is 0 Å². The van der Waals surface area contributed by atoms with Crippen LogP contribution in [0.15, 0.2) is 29.2 Å². The lowest BCUT2D eigenvalue weighted by molar-refractivity contribution is 0.0915. The number of benzene rings is 1. The fraction of sp³-hybridized carbons (Fsp3) is 0.500. The Labute approximate surface area is 132 Å². The Hall–Kier alpha value is -1.11. The predicted molar refractivity (Wildman–Crippen MR) is 86.6 cm³/mol. The molecule has 0 spiro atoms. The molecule has 1 aromatic rings. The molecule has 0 bridgehead atoms. The highest BCUT2D eigenvalue weighted by molar-refractivity contribution is 7.92. The molecule has 0 aliphatic carbocycles. The number of nitrogens with one attached hydrogen (secondary N) is 1. The minimum Gasteiger partial charge on any atom is -0.346 e. The van der Waals surface area contributed by atoms with Crippen molar-refractivity contribution in [3.05, 3.63) is 29.8 Å². The number of rotatable bonds is 5. The molecule has 5 nitrogen and oxygen atoms in total. The van der Waals surface area contributed by atoms with E-state index in [0.717, 1.165) is 0 Å². The summed E-state index contributed by atoms with van der Waals surface area (Å²) in [4.78, 5) is 12.2. The van der Waals surface area contributed by atoms with Crippen molar-refractivity contribution in [1.82, 2.24) is 5.32 Å². The van der Waals surface area contributed by atoms with Crippen LogP contribution in [-0.4, -0.2) is 31.7 Å². The van der Waals surface area contributed by atoms with E-state index in [2.05, 4.69) is 5.32 Å². The highest BCUT2D eigenvalue weighted by atomic mass is 35.5. The maximum atomic E-state index is 12.0. The summed E-state index contributed by atoms with van der Waals surface area (Å²) in [5.74, 6) is -0.269. The summed E-state index contributed by atoms with van der Waals surface area (Å²) < 4.78 is 23.9. The van der Waals surface area contributed by atoms with Gasteiger partial charge in [0.05, 0.1) is 10.1 Å². The van der Waals surface area contributed by atoms with E-state index < -0.39 is 20.6 Å². The Morgan fingerprint density at radius 1 is 1.24 bits per heavy atom. The van der Waals surface area contributed by atoms with E-state index in [1.54, 1.807) is 13.8 Å². The van der Waals surface area contributed by atoms with Crippen molar-refractivity contribution >= 4 is 28.2 Å². The van der Waals surface area contributed by atoms with Gasteiger partial charge in [0.2, 0.25) is 0 Å². The van der Waals surface area contributed by atoms with Crippen molar-refractivity contribution in [3.63, 3.8) is 0 Å². The molecule has 1 aromatic carbocycles. The smallest absolute Gasteiger partial charge is 0.251 e. The Balaban J connectivity index is 0.00000400. The van der Waals surface area contributed by atoms with Crippen molar-refractivity contribution in [3.8, 4) is 0 Å². The third kappa shape index (κ3) is 4.98. The topological polar surface area (TPSA) is 89.3 Å². The first kappa shape index (κ1) is 19.9. The van der Waals surface area contributed by atoms with Crippen molar-refractivity contribution in [2.45, 2.75) is 43.4 Å². The predicted octanol–water partition coefficient (Wildman–Crippen LogP) is 1.76. The van der Waals surface area contributed by atoms with E-state index in [4.69, 9.17) is 5.73 Å². The molecule has 21 heavy (non-hydrogen) atoms. The molecular formula is C14H23ClN2O3S. The molecule has 1 amide bonds. The van der Waals surface area contributed by atoms with Gasteiger partial charge in [-0.1, -0.05) is 0 Å². The van der Waals surface area contributed by atoms with Crippen LogP contribution in [0.2, 0.25) is 0 Å². The first-order valence-corrected chi connectivity index (χ1v) is 8.01. The number of hydrogen-bond acceptors (Lipinski definition) is 4. The lowest BCUT2D eigenvalue weighted by atomic mass is 10.1. The molecule has 0 radical (unpaired) electrons. The third-order valence-corrected chi connectivity index (χ3v) is 5.20. The van der Waals surface area contributed by atoms with Gasteiger partial charge in [0.15, 0.2) is 9.84 Å². The Kier molecular flexibility index (Phi) is 6.86. The zero-order valence-electron chi connectivity index (χ0n) is 12.7. The largest absolute Gasteiger partial charge is 0.346 e. The minimum atomic E-state index is -3.31. The number of sulfone groups is 1. The van der Waals surface area contributed by atoms with E-state index >= 15 is 0 Å². The molecule has 0 aliphatic rings. The average Bonchev–Trinajstić information content (AvgIpc) is 2.38. The molecule has 0 aliphatic heterocycles.